The van der Waals surface area contributed by atoms with Crippen LogP contribution >= 0.6 is 11.6 Å². The van der Waals surface area contributed by atoms with Gasteiger partial charge in [-0.05, 0) is 63.2 Å². The third-order valence-corrected chi connectivity index (χ3v) is 5.84. The van der Waals surface area contributed by atoms with Crippen molar-refractivity contribution in [3.8, 4) is 5.75 Å². The molecular weight excluding hydrogens is 402 g/mol. The summed E-state index contributed by atoms with van der Waals surface area (Å²) in [7, 11) is -3.92. The highest BCUT2D eigenvalue weighted by Gasteiger charge is 2.25. The average Bonchev–Trinajstić information content (AvgIpc) is 2.59. The Kier molecular flexibility index (Phi) is 6.64. The lowest BCUT2D eigenvalue weighted by molar-refractivity contribution is 0.0734. The van der Waals surface area contributed by atoms with E-state index in [4.69, 9.17) is 16.3 Å². The Morgan fingerprint density at radius 3 is 2.14 bits per heavy atom. The van der Waals surface area contributed by atoms with Gasteiger partial charge in [-0.15, -0.1) is 0 Å². The van der Waals surface area contributed by atoms with Crippen LogP contribution in [0.15, 0.2) is 47.4 Å². The number of carbonyl (C=O) groups excluding carboxylic acids is 2. The fourth-order valence-electron chi connectivity index (χ4n) is 2.37. The number of carbonyl (C=O) groups is 2. The second-order valence-corrected chi connectivity index (χ2v) is 9.25. The van der Waals surface area contributed by atoms with Crippen LogP contribution in [0.25, 0.3) is 0 Å². The molecule has 0 spiro atoms. The highest BCUT2D eigenvalue weighted by molar-refractivity contribution is 7.89. The fraction of sp³-hybridized carbons (Fsp3) is 0.300. The van der Waals surface area contributed by atoms with Crippen LogP contribution < -0.4 is 9.46 Å². The number of hydrogen-bond acceptors (Lipinski definition) is 5. The SMILES string of the molecule is CCC(=O)c1ccc(OC(=O)c2ccc(Cl)c(S(=O)(=O)NC(C)(C)C)c2)cc1. The van der Waals surface area contributed by atoms with Crippen molar-refractivity contribution in [1.82, 2.24) is 4.72 Å². The summed E-state index contributed by atoms with van der Waals surface area (Å²) in [6, 6.07) is 10.0. The molecule has 0 aliphatic heterocycles. The summed E-state index contributed by atoms with van der Waals surface area (Å²) in [6.07, 6.45) is 0.379. The molecule has 0 unspecified atom stereocenters. The summed E-state index contributed by atoms with van der Waals surface area (Å²) in [4.78, 5) is 23.9. The minimum Gasteiger partial charge on any atom is -0.423 e. The van der Waals surface area contributed by atoms with Crippen LogP contribution in [0.3, 0.4) is 0 Å². The molecule has 150 valence electrons. The fourth-order valence-corrected chi connectivity index (χ4v) is 4.32. The lowest BCUT2D eigenvalue weighted by Gasteiger charge is -2.21. The van der Waals surface area contributed by atoms with E-state index in [1.54, 1.807) is 39.8 Å². The van der Waals surface area contributed by atoms with Crippen molar-refractivity contribution < 1.29 is 22.7 Å². The van der Waals surface area contributed by atoms with E-state index in [1.165, 1.54) is 30.3 Å². The number of halogens is 1. The van der Waals surface area contributed by atoms with Crippen LogP contribution in [-0.4, -0.2) is 25.7 Å². The van der Waals surface area contributed by atoms with E-state index in [2.05, 4.69) is 4.72 Å². The van der Waals surface area contributed by atoms with Gasteiger partial charge in [-0.2, -0.15) is 0 Å². The molecule has 0 atom stereocenters. The van der Waals surface area contributed by atoms with Crippen LogP contribution in [0.2, 0.25) is 5.02 Å². The Hall–Kier alpha value is -2.22. The summed E-state index contributed by atoms with van der Waals surface area (Å²) in [5.41, 5.74) is -0.154. The van der Waals surface area contributed by atoms with Crippen molar-refractivity contribution in [2.75, 3.05) is 0 Å². The number of ketones is 1. The molecule has 6 nitrogen and oxygen atoms in total. The van der Waals surface area contributed by atoms with Crippen molar-refractivity contribution in [2.45, 2.75) is 44.6 Å². The standard InChI is InChI=1S/C20H22ClNO5S/c1-5-17(23)13-6-9-15(10-7-13)27-19(24)14-8-11-16(21)18(12-14)28(25,26)22-20(2,3)4/h6-12,22H,5H2,1-4H3. The summed E-state index contributed by atoms with van der Waals surface area (Å²) in [6.45, 7) is 6.85. The van der Waals surface area contributed by atoms with E-state index in [9.17, 15) is 18.0 Å². The smallest absolute Gasteiger partial charge is 0.343 e. The number of Topliss-reactive ketones (excluding diaryl/α,β-unsaturated/α-hetero) is 1. The first-order valence-corrected chi connectivity index (χ1v) is 10.5. The summed E-state index contributed by atoms with van der Waals surface area (Å²) < 4.78 is 32.9. The van der Waals surface area contributed by atoms with Gasteiger partial charge in [0.05, 0.1) is 10.6 Å². The maximum absolute atomic E-state index is 12.6. The molecule has 0 aliphatic rings. The third kappa shape index (κ3) is 5.64. The van der Waals surface area contributed by atoms with Crippen LogP contribution in [-0.2, 0) is 10.0 Å². The molecular formula is C20H22ClNO5S. The number of sulfonamides is 1. The first kappa shape index (κ1) is 22.1. The number of nitrogens with one attached hydrogen (secondary N) is 1. The third-order valence-electron chi connectivity index (χ3n) is 3.60. The van der Waals surface area contributed by atoms with Gasteiger partial charge in [0.1, 0.15) is 10.6 Å². The van der Waals surface area contributed by atoms with Crippen LogP contribution in [0, 0.1) is 0 Å². The zero-order chi connectivity index (χ0) is 21.1. The molecule has 0 aliphatic carbocycles. The molecule has 0 amide bonds. The van der Waals surface area contributed by atoms with Gasteiger partial charge < -0.3 is 4.74 Å². The normalized spacial score (nSPS) is 11.9. The van der Waals surface area contributed by atoms with E-state index in [0.29, 0.717) is 12.0 Å². The summed E-state index contributed by atoms with van der Waals surface area (Å²) in [5.74, 6) is -0.514. The first-order valence-electron chi connectivity index (χ1n) is 8.62. The predicted molar refractivity (Wildman–Crippen MR) is 108 cm³/mol. The number of benzene rings is 2. The molecule has 0 heterocycles. The maximum Gasteiger partial charge on any atom is 0.343 e. The zero-order valence-electron chi connectivity index (χ0n) is 16.1. The molecule has 0 saturated carbocycles. The topological polar surface area (TPSA) is 89.5 Å². The predicted octanol–water partition coefficient (Wildman–Crippen LogP) is 4.23. The monoisotopic (exact) mass is 423 g/mol. The highest BCUT2D eigenvalue weighted by Crippen LogP contribution is 2.25. The van der Waals surface area contributed by atoms with Gasteiger partial charge >= 0.3 is 5.97 Å². The maximum atomic E-state index is 12.6. The van der Waals surface area contributed by atoms with E-state index in [1.807, 2.05) is 0 Å². The van der Waals surface area contributed by atoms with Crippen LogP contribution in [0.5, 0.6) is 5.75 Å². The Morgan fingerprint density at radius 1 is 1.04 bits per heavy atom. The number of rotatable bonds is 6. The van der Waals surface area contributed by atoms with Gasteiger partial charge in [-0.3, -0.25) is 4.79 Å². The van der Waals surface area contributed by atoms with Crippen LogP contribution in [0.4, 0.5) is 0 Å². The van der Waals surface area contributed by atoms with Crippen molar-refractivity contribution in [2.24, 2.45) is 0 Å². The van der Waals surface area contributed by atoms with Gasteiger partial charge in [-0.25, -0.2) is 17.9 Å². The Labute approximate surface area is 169 Å². The largest absolute Gasteiger partial charge is 0.423 e. The molecule has 1 N–H and O–H groups in total. The molecule has 0 saturated heterocycles. The van der Waals surface area contributed by atoms with Crippen molar-refractivity contribution >= 4 is 33.4 Å². The molecule has 2 aromatic rings. The van der Waals surface area contributed by atoms with Gasteiger partial charge in [0.2, 0.25) is 10.0 Å². The van der Waals surface area contributed by atoms with Crippen LogP contribution in [0.1, 0.15) is 54.8 Å². The lowest BCUT2D eigenvalue weighted by Crippen LogP contribution is -2.40. The lowest BCUT2D eigenvalue weighted by atomic mass is 10.1. The van der Waals surface area contributed by atoms with E-state index in [0.717, 1.165) is 0 Å². The molecule has 2 rings (SSSR count). The van der Waals surface area contributed by atoms with Gasteiger partial charge in [0, 0.05) is 17.5 Å². The molecule has 0 aromatic heterocycles. The number of esters is 1. The molecule has 0 radical (unpaired) electrons. The van der Waals surface area contributed by atoms with Gasteiger partial charge in [0.25, 0.3) is 0 Å². The van der Waals surface area contributed by atoms with Crippen molar-refractivity contribution in [3.63, 3.8) is 0 Å². The number of ether oxygens (including phenoxy) is 1. The minimum atomic E-state index is -3.92. The molecule has 0 bridgehead atoms. The van der Waals surface area contributed by atoms with E-state index >= 15 is 0 Å². The van der Waals surface area contributed by atoms with Gasteiger partial charge in [-0.1, -0.05) is 18.5 Å². The molecule has 2 aromatic carbocycles. The minimum absolute atomic E-state index is 0.00395. The Balaban J connectivity index is 2.26. The number of hydrogen-bond donors (Lipinski definition) is 1. The molecule has 8 heteroatoms. The molecule has 0 fully saturated rings. The average molecular weight is 424 g/mol. The highest BCUT2D eigenvalue weighted by atomic mass is 35.5. The molecule has 28 heavy (non-hydrogen) atoms. The summed E-state index contributed by atoms with van der Waals surface area (Å²) in [5, 5.41) is -0.00395. The first-order chi connectivity index (χ1) is 12.9. The van der Waals surface area contributed by atoms with E-state index in [-0.39, 0.29) is 27.0 Å². The zero-order valence-corrected chi connectivity index (χ0v) is 17.6. The Bertz CT molecular complexity index is 992. The van der Waals surface area contributed by atoms with Crippen molar-refractivity contribution in [3.05, 3.63) is 58.6 Å². The van der Waals surface area contributed by atoms with E-state index < -0.39 is 21.5 Å². The summed E-state index contributed by atoms with van der Waals surface area (Å²) >= 11 is 6.03. The second-order valence-electron chi connectivity index (χ2n) is 7.19. The second kappa shape index (κ2) is 8.43. The Morgan fingerprint density at radius 2 is 1.61 bits per heavy atom. The van der Waals surface area contributed by atoms with Gasteiger partial charge in [0.15, 0.2) is 5.78 Å². The van der Waals surface area contributed by atoms with Crippen molar-refractivity contribution in [1.29, 1.82) is 0 Å². The quantitative estimate of drug-likeness (QED) is 0.426.